The molecule has 0 radical (unpaired) electrons. The molecule has 22 heavy (non-hydrogen) atoms. The third-order valence-electron chi connectivity index (χ3n) is 3.47. The minimum Gasteiger partial charge on any atom is -0.384 e. The number of para-hydroxylation sites is 1. The van der Waals surface area contributed by atoms with Crippen LogP contribution in [0, 0.1) is 0 Å². The molecule has 3 aromatic rings. The molecule has 6 nitrogen and oxygen atoms in total. The molecule has 0 aliphatic heterocycles. The average Bonchev–Trinajstić information content (AvgIpc) is 2.52. The zero-order valence-electron chi connectivity index (χ0n) is 12.2. The predicted molar refractivity (Wildman–Crippen MR) is 86.3 cm³/mol. The van der Waals surface area contributed by atoms with Gasteiger partial charge in [0.15, 0.2) is 5.65 Å². The molecule has 0 atom stereocenters. The summed E-state index contributed by atoms with van der Waals surface area (Å²) in [6.07, 6.45) is 0.692. The fourth-order valence-electron chi connectivity index (χ4n) is 2.47. The summed E-state index contributed by atoms with van der Waals surface area (Å²) in [6, 6.07) is 12.3. The van der Waals surface area contributed by atoms with Crippen LogP contribution in [0.1, 0.15) is 13.3 Å². The van der Waals surface area contributed by atoms with Crippen molar-refractivity contribution in [2.75, 3.05) is 5.73 Å². The number of pyridine rings is 1. The van der Waals surface area contributed by atoms with Gasteiger partial charge >= 0.3 is 5.69 Å². The molecule has 0 aliphatic carbocycles. The number of aromatic nitrogens is 3. The number of fused-ring (bicyclic) bond motifs is 1. The standard InChI is InChI=1S/C16H16N4O2/c1-2-10-19-15(21)12-8-9-13(17)18-14(12)20(16(19)22)11-6-4-3-5-7-11/h3-9H,2,10H2,1H3,(H2,17,18). The van der Waals surface area contributed by atoms with Crippen LogP contribution in [0.2, 0.25) is 0 Å². The monoisotopic (exact) mass is 296 g/mol. The Morgan fingerprint density at radius 2 is 1.82 bits per heavy atom. The van der Waals surface area contributed by atoms with E-state index < -0.39 is 5.69 Å². The maximum Gasteiger partial charge on any atom is 0.337 e. The second-order valence-electron chi connectivity index (χ2n) is 5.02. The molecule has 112 valence electrons. The Morgan fingerprint density at radius 3 is 2.50 bits per heavy atom. The normalized spacial score (nSPS) is 11.0. The van der Waals surface area contributed by atoms with E-state index in [1.54, 1.807) is 24.3 Å². The van der Waals surface area contributed by atoms with E-state index >= 15 is 0 Å². The van der Waals surface area contributed by atoms with Gasteiger partial charge in [-0.2, -0.15) is 0 Å². The number of nitrogens with two attached hydrogens (primary N) is 1. The Kier molecular flexibility index (Phi) is 3.50. The number of hydrogen-bond donors (Lipinski definition) is 1. The van der Waals surface area contributed by atoms with Crippen molar-refractivity contribution in [1.29, 1.82) is 0 Å². The zero-order valence-corrected chi connectivity index (χ0v) is 12.2. The number of anilines is 1. The van der Waals surface area contributed by atoms with E-state index in [9.17, 15) is 9.59 Å². The van der Waals surface area contributed by atoms with Crippen LogP contribution in [-0.4, -0.2) is 14.1 Å². The molecule has 3 rings (SSSR count). The zero-order chi connectivity index (χ0) is 15.7. The average molecular weight is 296 g/mol. The van der Waals surface area contributed by atoms with Crippen LogP contribution in [0.15, 0.2) is 52.1 Å². The predicted octanol–water partition coefficient (Wildman–Crippen LogP) is 1.54. The van der Waals surface area contributed by atoms with Gasteiger partial charge in [-0.15, -0.1) is 0 Å². The molecule has 0 aliphatic rings. The van der Waals surface area contributed by atoms with Gasteiger partial charge in [0.2, 0.25) is 0 Å². The molecule has 2 N–H and O–H groups in total. The molecule has 0 fully saturated rings. The molecular formula is C16H16N4O2. The first-order valence-corrected chi connectivity index (χ1v) is 7.11. The highest BCUT2D eigenvalue weighted by molar-refractivity contribution is 5.77. The summed E-state index contributed by atoms with van der Waals surface area (Å²) in [4.78, 5) is 29.5. The van der Waals surface area contributed by atoms with E-state index in [0.717, 1.165) is 0 Å². The smallest absolute Gasteiger partial charge is 0.337 e. The van der Waals surface area contributed by atoms with Crippen molar-refractivity contribution in [1.82, 2.24) is 14.1 Å². The number of nitrogen functional groups attached to an aromatic ring is 1. The Balaban J connectivity index is 2.51. The Morgan fingerprint density at radius 1 is 1.09 bits per heavy atom. The highest BCUT2D eigenvalue weighted by Crippen LogP contribution is 2.13. The van der Waals surface area contributed by atoms with Crippen molar-refractivity contribution >= 4 is 16.9 Å². The Bertz CT molecular complexity index is 942. The molecule has 0 spiro atoms. The third kappa shape index (κ3) is 2.18. The fraction of sp³-hybridized carbons (Fsp3) is 0.188. The van der Waals surface area contributed by atoms with Gasteiger partial charge in [0, 0.05) is 6.54 Å². The first-order chi connectivity index (χ1) is 10.6. The molecule has 2 aromatic heterocycles. The SMILES string of the molecule is CCCn1c(=O)c2ccc(N)nc2n(-c2ccccc2)c1=O. The Hall–Kier alpha value is -2.89. The van der Waals surface area contributed by atoms with Gasteiger partial charge in [0.1, 0.15) is 5.82 Å². The summed E-state index contributed by atoms with van der Waals surface area (Å²) in [5.74, 6) is 0.268. The lowest BCUT2D eigenvalue weighted by molar-refractivity contribution is 0.607. The lowest BCUT2D eigenvalue weighted by Gasteiger charge is -2.13. The van der Waals surface area contributed by atoms with Crippen molar-refractivity contribution in [3.8, 4) is 5.69 Å². The highest BCUT2D eigenvalue weighted by Gasteiger charge is 2.15. The van der Waals surface area contributed by atoms with Crippen LogP contribution in [0.5, 0.6) is 0 Å². The topological polar surface area (TPSA) is 82.9 Å². The van der Waals surface area contributed by atoms with Gasteiger partial charge in [0.25, 0.3) is 5.56 Å². The van der Waals surface area contributed by atoms with Gasteiger partial charge in [0.05, 0.1) is 11.1 Å². The van der Waals surface area contributed by atoms with Crippen molar-refractivity contribution < 1.29 is 0 Å². The molecule has 0 saturated heterocycles. The van der Waals surface area contributed by atoms with E-state index in [0.29, 0.717) is 24.0 Å². The van der Waals surface area contributed by atoms with Crippen molar-refractivity contribution in [3.05, 3.63) is 63.3 Å². The molecule has 0 unspecified atom stereocenters. The summed E-state index contributed by atoms with van der Waals surface area (Å²) < 4.78 is 2.68. The minimum absolute atomic E-state index is 0.268. The first kappa shape index (κ1) is 14.1. The quantitative estimate of drug-likeness (QED) is 0.794. The summed E-state index contributed by atoms with van der Waals surface area (Å²) in [7, 11) is 0. The van der Waals surface area contributed by atoms with E-state index in [1.807, 2.05) is 25.1 Å². The summed E-state index contributed by atoms with van der Waals surface area (Å²) in [6.45, 7) is 2.29. The summed E-state index contributed by atoms with van der Waals surface area (Å²) in [5, 5.41) is 0.381. The second-order valence-corrected chi connectivity index (χ2v) is 5.02. The number of benzene rings is 1. The van der Waals surface area contributed by atoms with E-state index in [4.69, 9.17) is 5.73 Å². The second kappa shape index (κ2) is 5.48. The molecule has 1 aromatic carbocycles. The lowest BCUT2D eigenvalue weighted by atomic mass is 10.2. The van der Waals surface area contributed by atoms with Crippen LogP contribution in [-0.2, 0) is 6.54 Å². The molecular weight excluding hydrogens is 280 g/mol. The fourth-order valence-corrected chi connectivity index (χ4v) is 2.47. The lowest BCUT2D eigenvalue weighted by Crippen LogP contribution is -2.39. The van der Waals surface area contributed by atoms with Crippen molar-refractivity contribution in [2.24, 2.45) is 0 Å². The van der Waals surface area contributed by atoms with E-state index in [-0.39, 0.29) is 17.0 Å². The van der Waals surface area contributed by atoms with E-state index in [2.05, 4.69) is 4.98 Å². The molecule has 0 bridgehead atoms. The number of nitrogens with zero attached hydrogens (tertiary/aromatic N) is 3. The molecule has 0 amide bonds. The van der Waals surface area contributed by atoms with Gasteiger partial charge in [-0.05, 0) is 30.7 Å². The van der Waals surface area contributed by atoms with Crippen LogP contribution >= 0.6 is 0 Å². The van der Waals surface area contributed by atoms with Gasteiger partial charge in [-0.1, -0.05) is 25.1 Å². The summed E-state index contributed by atoms with van der Waals surface area (Å²) >= 11 is 0. The van der Waals surface area contributed by atoms with Crippen LogP contribution < -0.4 is 17.0 Å². The maximum atomic E-state index is 12.8. The van der Waals surface area contributed by atoms with Gasteiger partial charge in [-0.3, -0.25) is 9.36 Å². The van der Waals surface area contributed by atoms with Crippen LogP contribution in [0.3, 0.4) is 0 Å². The van der Waals surface area contributed by atoms with E-state index in [1.165, 1.54) is 9.13 Å². The summed E-state index contributed by atoms with van der Waals surface area (Å²) in [5.41, 5.74) is 5.94. The highest BCUT2D eigenvalue weighted by atomic mass is 16.2. The Labute approximate surface area is 126 Å². The van der Waals surface area contributed by atoms with Crippen LogP contribution in [0.25, 0.3) is 16.7 Å². The molecule has 0 saturated carbocycles. The van der Waals surface area contributed by atoms with Gasteiger partial charge < -0.3 is 5.73 Å². The molecule has 2 heterocycles. The number of hydrogen-bond acceptors (Lipinski definition) is 4. The maximum absolute atomic E-state index is 12.8. The van der Waals surface area contributed by atoms with Crippen molar-refractivity contribution in [2.45, 2.75) is 19.9 Å². The van der Waals surface area contributed by atoms with Crippen LogP contribution in [0.4, 0.5) is 5.82 Å². The van der Waals surface area contributed by atoms with Gasteiger partial charge in [-0.25, -0.2) is 14.3 Å². The number of rotatable bonds is 3. The minimum atomic E-state index is -0.399. The first-order valence-electron chi connectivity index (χ1n) is 7.11. The van der Waals surface area contributed by atoms with Crippen molar-refractivity contribution in [3.63, 3.8) is 0 Å². The third-order valence-corrected chi connectivity index (χ3v) is 3.47. The largest absolute Gasteiger partial charge is 0.384 e. The molecule has 6 heteroatoms.